The van der Waals surface area contributed by atoms with Crippen molar-refractivity contribution >= 4 is 32.3 Å². The van der Waals surface area contributed by atoms with Crippen molar-refractivity contribution < 1.29 is 9.18 Å². The number of rotatable bonds is 3. The summed E-state index contributed by atoms with van der Waals surface area (Å²) in [5.74, 6) is -0.446. The molecular weight excluding hydrogens is 339 g/mol. The van der Waals surface area contributed by atoms with Crippen molar-refractivity contribution in [3.63, 3.8) is 0 Å². The molecule has 25 heavy (non-hydrogen) atoms. The molecule has 0 bridgehead atoms. The Labute approximate surface area is 149 Å². The molecule has 1 aromatic heterocycles. The number of anilines is 1. The Morgan fingerprint density at radius 3 is 2.92 bits per heavy atom. The molecular formula is C18H19FN4OS. The number of likely N-dealkylation sites (tertiary alicyclic amines) is 1. The second-order valence-electron chi connectivity index (χ2n) is 6.73. The highest BCUT2D eigenvalue weighted by Gasteiger charge is 2.42. The molecule has 130 valence electrons. The van der Waals surface area contributed by atoms with Crippen LogP contribution in [0.2, 0.25) is 0 Å². The predicted molar refractivity (Wildman–Crippen MR) is 96.4 cm³/mol. The average Bonchev–Trinajstić information content (AvgIpc) is 3.29. The van der Waals surface area contributed by atoms with Crippen molar-refractivity contribution in [2.24, 2.45) is 5.73 Å². The summed E-state index contributed by atoms with van der Waals surface area (Å²) in [5, 5.41) is 11.6. The minimum absolute atomic E-state index is 0.0926. The molecule has 2 aliphatic heterocycles. The van der Waals surface area contributed by atoms with Gasteiger partial charge in [-0.1, -0.05) is 18.2 Å². The van der Waals surface area contributed by atoms with Crippen molar-refractivity contribution in [2.75, 3.05) is 24.5 Å². The van der Waals surface area contributed by atoms with Crippen LogP contribution in [0, 0.1) is 11.3 Å². The zero-order valence-electron chi connectivity index (χ0n) is 13.7. The Balaban J connectivity index is 1.59. The molecule has 2 N–H and O–H groups in total. The van der Waals surface area contributed by atoms with Gasteiger partial charge in [0.05, 0.1) is 11.6 Å². The molecule has 2 fully saturated rings. The van der Waals surface area contributed by atoms with Gasteiger partial charge >= 0.3 is 0 Å². The van der Waals surface area contributed by atoms with Gasteiger partial charge in [-0.15, -0.1) is 11.3 Å². The second-order valence-corrected chi connectivity index (χ2v) is 7.76. The highest BCUT2D eigenvalue weighted by molar-refractivity contribution is 7.23. The maximum Gasteiger partial charge on any atom is 0.234 e. The number of alkyl halides is 1. The van der Waals surface area contributed by atoms with Gasteiger partial charge in [-0.25, -0.2) is 4.39 Å². The van der Waals surface area contributed by atoms with Crippen LogP contribution in [-0.2, 0) is 4.79 Å². The summed E-state index contributed by atoms with van der Waals surface area (Å²) >= 11 is 1.62. The minimum atomic E-state index is -0.995. The van der Waals surface area contributed by atoms with Crippen LogP contribution in [0.4, 0.5) is 9.39 Å². The Morgan fingerprint density at radius 2 is 2.16 bits per heavy atom. The van der Waals surface area contributed by atoms with E-state index in [4.69, 9.17) is 5.73 Å². The van der Waals surface area contributed by atoms with E-state index in [-0.39, 0.29) is 19.0 Å². The maximum absolute atomic E-state index is 13.8. The largest absolute Gasteiger partial charge is 0.368 e. The molecule has 0 spiro atoms. The third-order valence-electron chi connectivity index (χ3n) is 5.23. The number of amides is 1. The lowest BCUT2D eigenvalue weighted by Crippen LogP contribution is -2.47. The van der Waals surface area contributed by atoms with Gasteiger partial charge in [-0.05, 0) is 12.5 Å². The fourth-order valence-corrected chi connectivity index (χ4v) is 5.24. The van der Waals surface area contributed by atoms with E-state index in [1.54, 1.807) is 11.3 Å². The van der Waals surface area contributed by atoms with E-state index in [0.717, 1.165) is 28.1 Å². The third-order valence-corrected chi connectivity index (χ3v) is 6.46. The Kier molecular flexibility index (Phi) is 4.10. The first kappa shape index (κ1) is 16.3. The molecule has 7 heteroatoms. The normalized spacial score (nSPS) is 27.0. The van der Waals surface area contributed by atoms with Gasteiger partial charge in [0.25, 0.3) is 0 Å². The first-order valence-corrected chi connectivity index (χ1v) is 9.26. The van der Waals surface area contributed by atoms with Crippen LogP contribution in [0.3, 0.4) is 0 Å². The van der Waals surface area contributed by atoms with E-state index >= 15 is 0 Å². The number of hydrogen-bond acceptors (Lipinski definition) is 5. The number of thiophene rings is 1. The number of halogens is 1. The van der Waals surface area contributed by atoms with Crippen LogP contribution in [0.1, 0.15) is 18.4 Å². The lowest BCUT2D eigenvalue weighted by atomic mass is 10.1. The number of nitrogens with zero attached hydrogens (tertiary/aromatic N) is 3. The number of carbonyl (C=O) groups excluding carboxylic acids is 1. The first-order chi connectivity index (χ1) is 12.1. The number of carbonyl (C=O) groups is 1. The summed E-state index contributed by atoms with van der Waals surface area (Å²) < 4.78 is 14.9. The molecule has 2 saturated heterocycles. The number of nitrogens with two attached hydrogens (primary N) is 1. The summed E-state index contributed by atoms with van der Waals surface area (Å²) in [4.78, 5) is 15.8. The number of primary amides is 1. The molecule has 5 nitrogen and oxygen atoms in total. The van der Waals surface area contributed by atoms with Gasteiger partial charge in [0.15, 0.2) is 0 Å². The topological polar surface area (TPSA) is 73.4 Å². The molecule has 0 saturated carbocycles. The zero-order valence-corrected chi connectivity index (χ0v) is 14.5. The van der Waals surface area contributed by atoms with Crippen molar-refractivity contribution in [1.29, 1.82) is 5.26 Å². The quantitative estimate of drug-likeness (QED) is 0.913. The number of hydrogen-bond donors (Lipinski definition) is 1. The highest BCUT2D eigenvalue weighted by atomic mass is 32.1. The summed E-state index contributed by atoms with van der Waals surface area (Å²) in [6.07, 6.45) is 0.0406. The molecule has 3 atom stereocenters. The fraction of sp³-hybridized carbons (Fsp3) is 0.444. The van der Waals surface area contributed by atoms with Crippen molar-refractivity contribution in [1.82, 2.24) is 4.90 Å². The van der Waals surface area contributed by atoms with Crippen LogP contribution >= 0.6 is 11.3 Å². The number of benzene rings is 1. The van der Waals surface area contributed by atoms with E-state index in [9.17, 15) is 14.4 Å². The maximum atomic E-state index is 13.8. The molecule has 2 aromatic rings. The predicted octanol–water partition coefficient (Wildman–Crippen LogP) is 2.25. The molecule has 0 radical (unpaired) electrons. The zero-order chi connectivity index (χ0) is 17.6. The second kappa shape index (κ2) is 6.28. The van der Waals surface area contributed by atoms with E-state index in [0.29, 0.717) is 12.1 Å². The van der Waals surface area contributed by atoms with Crippen molar-refractivity contribution in [3.8, 4) is 6.07 Å². The van der Waals surface area contributed by atoms with Crippen molar-refractivity contribution in [2.45, 2.75) is 31.1 Å². The summed E-state index contributed by atoms with van der Waals surface area (Å²) in [5.41, 5.74) is 6.16. The van der Waals surface area contributed by atoms with Gasteiger partial charge in [0.1, 0.15) is 17.2 Å². The molecule has 1 aromatic carbocycles. The van der Waals surface area contributed by atoms with Gasteiger partial charge in [-0.3, -0.25) is 9.69 Å². The molecule has 0 aliphatic carbocycles. The van der Waals surface area contributed by atoms with Crippen molar-refractivity contribution in [3.05, 3.63) is 29.8 Å². The Hall–Kier alpha value is -2.17. The Morgan fingerprint density at radius 1 is 1.36 bits per heavy atom. The summed E-state index contributed by atoms with van der Waals surface area (Å²) in [6, 6.07) is 9.82. The van der Waals surface area contributed by atoms with Crippen LogP contribution in [0.25, 0.3) is 10.1 Å². The van der Waals surface area contributed by atoms with Gasteiger partial charge in [-0.2, -0.15) is 5.26 Å². The van der Waals surface area contributed by atoms with Gasteiger partial charge < -0.3 is 10.6 Å². The minimum Gasteiger partial charge on any atom is -0.368 e. The van der Waals surface area contributed by atoms with E-state index in [1.807, 2.05) is 29.2 Å². The average molecular weight is 358 g/mol. The smallest absolute Gasteiger partial charge is 0.234 e. The molecule has 0 unspecified atom stereocenters. The highest BCUT2D eigenvalue weighted by Crippen LogP contribution is 2.40. The molecule has 4 rings (SSSR count). The number of nitriles is 1. The molecule has 2 aliphatic rings. The van der Waals surface area contributed by atoms with Gasteiger partial charge in [0, 0.05) is 42.2 Å². The standard InChI is InChI=1S/C18H19FN4OS/c19-11-7-15(17(21)24)23(9-11)12-5-6-22(10-12)18-14(8-20)13-3-1-2-4-16(13)25-18/h1-4,11-12,15H,5-7,9-10H2,(H2,21,24)/t11-,12-,15-/m0/s1. The fourth-order valence-electron chi connectivity index (χ4n) is 4.05. The monoisotopic (exact) mass is 358 g/mol. The van der Waals surface area contributed by atoms with Crippen LogP contribution in [-0.4, -0.2) is 48.7 Å². The molecule has 1 amide bonds. The number of fused-ring (bicyclic) bond motifs is 1. The van der Waals surface area contributed by atoms with Gasteiger partial charge in [0.2, 0.25) is 5.91 Å². The van der Waals surface area contributed by atoms with Crippen LogP contribution in [0.15, 0.2) is 24.3 Å². The summed E-state index contributed by atoms with van der Waals surface area (Å²) in [6.45, 7) is 1.76. The van der Waals surface area contributed by atoms with E-state index in [1.165, 1.54) is 0 Å². The van der Waals surface area contributed by atoms with Crippen LogP contribution in [0.5, 0.6) is 0 Å². The lowest BCUT2D eigenvalue weighted by molar-refractivity contribution is -0.122. The Bertz CT molecular complexity index is 860. The van der Waals surface area contributed by atoms with E-state index in [2.05, 4.69) is 11.0 Å². The third kappa shape index (κ3) is 2.75. The first-order valence-electron chi connectivity index (χ1n) is 8.44. The summed E-state index contributed by atoms with van der Waals surface area (Å²) in [7, 11) is 0. The lowest BCUT2D eigenvalue weighted by Gasteiger charge is -2.28. The van der Waals surface area contributed by atoms with Crippen LogP contribution < -0.4 is 10.6 Å². The SMILES string of the molecule is N#Cc1c(N2CC[C@H](N3C[C@@H](F)C[C@H]3C(N)=O)C2)sc2ccccc12. The molecule has 3 heterocycles. The van der Waals surface area contributed by atoms with E-state index < -0.39 is 18.1 Å².